The minimum Gasteiger partial charge on any atom is -0.337 e. The summed E-state index contributed by atoms with van der Waals surface area (Å²) in [5, 5.41) is 0. The van der Waals surface area contributed by atoms with Crippen molar-refractivity contribution >= 4 is 15.7 Å². The fourth-order valence-corrected chi connectivity index (χ4v) is 5.00. The Morgan fingerprint density at radius 3 is 2.11 bits per heavy atom. The normalized spacial score (nSPS) is 32.2. The number of rotatable bonds is 2. The summed E-state index contributed by atoms with van der Waals surface area (Å²) in [5.41, 5.74) is 0. The van der Waals surface area contributed by atoms with Gasteiger partial charge in [-0.3, -0.25) is 4.79 Å². The highest BCUT2D eigenvalue weighted by Gasteiger charge is 2.32. The van der Waals surface area contributed by atoms with E-state index in [9.17, 15) is 13.2 Å². The predicted molar refractivity (Wildman–Crippen MR) is 75.6 cm³/mol. The highest BCUT2D eigenvalue weighted by Crippen LogP contribution is 2.27. The molecule has 2 atom stereocenters. The maximum absolute atomic E-state index is 12.4. The van der Waals surface area contributed by atoms with Gasteiger partial charge in [0.15, 0.2) is 0 Å². The van der Waals surface area contributed by atoms with Crippen molar-refractivity contribution in [3.05, 3.63) is 0 Å². The molecular formula is C14H25NO3S. The van der Waals surface area contributed by atoms with E-state index in [-0.39, 0.29) is 23.3 Å². The van der Waals surface area contributed by atoms with Gasteiger partial charge in [-0.05, 0) is 51.9 Å². The molecule has 0 N–H and O–H groups in total. The van der Waals surface area contributed by atoms with Gasteiger partial charge in [0.25, 0.3) is 0 Å². The molecule has 5 heteroatoms. The number of carbonyl (C=O) groups is 1. The molecule has 4 nitrogen and oxygen atoms in total. The lowest BCUT2D eigenvalue weighted by molar-refractivity contribution is -0.138. The lowest BCUT2D eigenvalue weighted by atomic mass is 9.93. The smallest absolute Gasteiger partial charge is 0.223 e. The van der Waals surface area contributed by atoms with Crippen LogP contribution in [0.4, 0.5) is 0 Å². The SMILES string of the molecule is CC1CCCC(C)N1C(=O)CC1CCS(=O)(=O)CC1. The zero-order chi connectivity index (χ0) is 14.0. The standard InChI is InChI=1S/C14H25NO3S/c1-11-4-3-5-12(2)15(11)14(16)10-13-6-8-19(17,18)9-7-13/h11-13H,3-10H2,1-2H3. The zero-order valence-electron chi connectivity index (χ0n) is 12.0. The van der Waals surface area contributed by atoms with Crippen LogP contribution in [0.15, 0.2) is 0 Å². The third kappa shape index (κ3) is 3.71. The Balaban J connectivity index is 1.90. The molecule has 2 fully saturated rings. The Bertz CT molecular complexity index is 408. The fourth-order valence-electron chi connectivity index (χ4n) is 3.41. The van der Waals surface area contributed by atoms with E-state index in [1.54, 1.807) is 0 Å². The second-order valence-corrected chi connectivity index (χ2v) is 8.53. The average Bonchev–Trinajstić information content (AvgIpc) is 2.32. The number of nitrogens with zero attached hydrogens (tertiary/aromatic N) is 1. The van der Waals surface area contributed by atoms with Crippen LogP contribution < -0.4 is 0 Å². The van der Waals surface area contributed by atoms with Gasteiger partial charge in [-0.25, -0.2) is 8.42 Å². The molecule has 2 saturated heterocycles. The van der Waals surface area contributed by atoms with E-state index in [4.69, 9.17) is 0 Å². The number of sulfone groups is 1. The number of hydrogen-bond donors (Lipinski definition) is 0. The quantitative estimate of drug-likeness (QED) is 0.780. The van der Waals surface area contributed by atoms with Gasteiger partial charge in [0.2, 0.25) is 5.91 Å². The first-order chi connectivity index (χ1) is 8.89. The molecule has 0 spiro atoms. The Morgan fingerprint density at radius 2 is 1.58 bits per heavy atom. The van der Waals surface area contributed by atoms with E-state index in [1.165, 1.54) is 6.42 Å². The van der Waals surface area contributed by atoms with Crippen LogP contribution in [0.25, 0.3) is 0 Å². The molecule has 0 bridgehead atoms. The minimum absolute atomic E-state index is 0.226. The van der Waals surface area contributed by atoms with Gasteiger partial charge in [0.1, 0.15) is 9.84 Å². The van der Waals surface area contributed by atoms with E-state index >= 15 is 0 Å². The van der Waals surface area contributed by atoms with E-state index in [0.29, 0.717) is 31.3 Å². The molecule has 2 rings (SSSR count). The van der Waals surface area contributed by atoms with Crippen molar-refractivity contribution in [2.24, 2.45) is 5.92 Å². The largest absolute Gasteiger partial charge is 0.337 e. The van der Waals surface area contributed by atoms with Crippen molar-refractivity contribution < 1.29 is 13.2 Å². The topological polar surface area (TPSA) is 54.5 Å². The summed E-state index contributed by atoms with van der Waals surface area (Å²) in [6.07, 6.45) is 5.23. The van der Waals surface area contributed by atoms with Crippen LogP contribution in [0.1, 0.15) is 52.4 Å². The molecule has 110 valence electrons. The first-order valence-electron chi connectivity index (χ1n) is 7.40. The maximum atomic E-state index is 12.4. The molecule has 0 saturated carbocycles. The van der Waals surface area contributed by atoms with Crippen molar-refractivity contribution in [1.29, 1.82) is 0 Å². The molecule has 0 aromatic rings. The number of carbonyl (C=O) groups excluding carboxylic acids is 1. The van der Waals surface area contributed by atoms with Crippen molar-refractivity contribution in [2.75, 3.05) is 11.5 Å². The molecule has 0 aromatic heterocycles. The number of hydrogen-bond acceptors (Lipinski definition) is 3. The van der Waals surface area contributed by atoms with Gasteiger partial charge in [-0.2, -0.15) is 0 Å². The third-order valence-corrected chi connectivity index (χ3v) is 6.33. The molecular weight excluding hydrogens is 262 g/mol. The predicted octanol–water partition coefficient (Wildman–Crippen LogP) is 1.99. The Labute approximate surface area is 116 Å². The molecule has 2 aliphatic rings. The summed E-state index contributed by atoms with van der Waals surface area (Å²) in [6.45, 7) is 4.25. The Hall–Kier alpha value is -0.580. The molecule has 0 radical (unpaired) electrons. The number of piperidine rings is 1. The van der Waals surface area contributed by atoms with Crippen LogP contribution in [0.2, 0.25) is 0 Å². The highest BCUT2D eigenvalue weighted by atomic mass is 32.2. The minimum atomic E-state index is -2.82. The third-order valence-electron chi connectivity index (χ3n) is 4.62. The monoisotopic (exact) mass is 287 g/mol. The Kier molecular flexibility index (Phi) is 4.54. The Morgan fingerprint density at radius 1 is 1.05 bits per heavy atom. The van der Waals surface area contributed by atoms with Gasteiger partial charge >= 0.3 is 0 Å². The van der Waals surface area contributed by atoms with Crippen molar-refractivity contribution in [3.63, 3.8) is 0 Å². The van der Waals surface area contributed by atoms with Crippen molar-refractivity contribution in [1.82, 2.24) is 4.90 Å². The van der Waals surface area contributed by atoms with Crippen LogP contribution in [-0.2, 0) is 14.6 Å². The molecule has 2 unspecified atom stereocenters. The molecule has 2 aliphatic heterocycles. The summed E-state index contributed by atoms with van der Waals surface area (Å²) in [6, 6.07) is 0.673. The first kappa shape index (κ1) is 14.8. The molecule has 1 amide bonds. The van der Waals surface area contributed by atoms with Crippen LogP contribution in [-0.4, -0.2) is 42.8 Å². The van der Waals surface area contributed by atoms with Gasteiger partial charge in [0.05, 0.1) is 11.5 Å². The summed E-state index contributed by atoms with van der Waals surface area (Å²) in [5.74, 6) is 1.01. The summed E-state index contributed by atoms with van der Waals surface area (Å²) >= 11 is 0. The lowest BCUT2D eigenvalue weighted by Gasteiger charge is -2.40. The summed E-state index contributed by atoms with van der Waals surface area (Å²) < 4.78 is 22.8. The van der Waals surface area contributed by atoms with Gasteiger partial charge in [-0.15, -0.1) is 0 Å². The maximum Gasteiger partial charge on any atom is 0.223 e. The van der Waals surface area contributed by atoms with Gasteiger partial charge in [0, 0.05) is 18.5 Å². The molecule has 2 heterocycles. The van der Waals surface area contributed by atoms with E-state index < -0.39 is 9.84 Å². The van der Waals surface area contributed by atoms with E-state index in [2.05, 4.69) is 13.8 Å². The van der Waals surface area contributed by atoms with Crippen LogP contribution >= 0.6 is 0 Å². The van der Waals surface area contributed by atoms with Crippen LogP contribution in [0.3, 0.4) is 0 Å². The molecule has 0 aliphatic carbocycles. The number of likely N-dealkylation sites (tertiary alicyclic amines) is 1. The average molecular weight is 287 g/mol. The van der Waals surface area contributed by atoms with E-state index in [0.717, 1.165) is 12.8 Å². The molecule has 0 aromatic carbocycles. The van der Waals surface area contributed by atoms with Crippen molar-refractivity contribution in [3.8, 4) is 0 Å². The van der Waals surface area contributed by atoms with Crippen LogP contribution in [0.5, 0.6) is 0 Å². The highest BCUT2D eigenvalue weighted by molar-refractivity contribution is 7.91. The van der Waals surface area contributed by atoms with Crippen LogP contribution in [0, 0.1) is 5.92 Å². The van der Waals surface area contributed by atoms with E-state index in [1.807, 2.05) is 4.90 Å². The van der Waals surface area contributed by atoms with Gasteiger partial charge in [-0.1, -0.05) is 0 Å². The lowest BCUT2D eigenvalue weighted by Crippen LogP contribution is -2.48. The second-order valence-electron chi connectivity index (χ2n) is 6.23. The zero-order valence-corrected chi connectivity index (χ0v) is 12.8. The molecule has 19 heavy (non-hydrogen) atoms. The van der Waals surface area contributed by atoms with Crippen molar-refractivity contribution in [2.45, 2.75) is 64.5 Å². The van der Waals surface area contributed by atoms with Gasteiger partial charge < -0.3 is 4.90 Å². The first-order valence-corrected chi connectivity index (χ1v) is 9.23. The summed E-state index contributed by atoms with van der Waals surface area (Å²) in [7, 11) is -2.82. The number of amides is 1. The summed E-state index contributed by atoms with van der Waals surface area (Å²) in [4.78, 5) is 14.5. The fraction of sp³-hybridized carbons (Fsp3) is 0.929. The second kappa shape index (κ2) is 5.81.